The molecule has 0 aromatic heterocycles. The molecule has 0 bridgehead atoms. The number of nitrogens with one attached hydrogen (secondary N) is 1. The number of amides is 1. The number of anilines is 1. The zero-order valence-corrected chi connectivity index (χ0v) is 22.2. The predicted molar refractivity (Wildman–Crippen MR) is 143 cm³/mol. The molecule has 1 fully saturated rings. The fourth-order valence-corrected chi connectivity index (χ4v) is 4.54. The summed E-state index contributed by atoms with van der Waals surface area (Å²) < 4.78 is 21.7. The second-order valence-corrected chi connectivity index (χ2v) is 9.40. The average molecular weight is 520 g/mol. The molecule has 198 valence electrons. The van der Waals surface area contributed by atoms with Crippen LogP contribution in [0.2, 0.25) is 5.02 Å². The van der Waals surface area contributed by atoms with Gasteiger partial charge in [0.05, 0.1) is 44.2 Å². The van der Waals surface area contributed by atoms with Crippen LogP contribution in [-0.4, -0.2) is 64.9 Å². The number of benzene rings is 2. The zero-order chi connectivity index (χ0) is 25.9. The van der Waals surface area contributed by atoms with Gasteiger partial charge in [0.25, 0.3) is 5.91 Å². The molecule has 1 aliphatic heterocycles. The summed E-state index contributed by atoms with van der Waals surface area (Å²) >= 11 is 6.09. The lowest BCUT2D eigenvalue weighted by atomic mass is 9.96. The van der Waals surface area contributed by atoms with E-state index in [-0.39, 0.29) is 5.91 Å². The lowest BCUT2D eigenvalue weighted by Gasteiger charge is -2.32. The van der Waals surface area contributed by atoms with Gasteiger partial charge in [-0.15, -0.1) is 0 Å². The van der Waals surface area contributed by atoms with E-state index in [1.165, 1.54) is 7.11 Å². The summed E-state index contributed by atoms with van der Waals surface area (Å²) in [6.07, 6.45) is 5.42. The minimum Gasteiger partial charge on any atom is -0.496 e. The summed E-state index contributed by atoms with van der Waals surface area (Å²) in [5, 5.41) is 3.38. The van der Waals surface area contributed by atoms with E-state index in [1.807, 2.05) is 18.2 Å². The Balaban J connectivity index is 1.29. The van der Waals surface area contributed by atoms with Gasteiger partial charge < -0.3 is 34.9 Å². The lowest BCUT2D eigenvalue weighted by molar-refractivity contribution is 0.0933. The maximum Gasteiger partial charge on any atom is 0.255 e. The lowest BCUT2D eigenvalue weighted by Crippen LogP contribution is -2.39. The molecule has 2 aromatic carbocycles. The molecule has 2 aromatic rings. The zero-order valence-electron chi connectivity index (χ0n) is 21.5. The van der Waals surface area contributed by atoms with Gasteiger partial charge in [-0.05, 0) is 75.9 Å². The van der Waals surface area contributed by atoms with Crippen LogP contribution in [0.15, 0.2) is 30.3 Å². The Morgan fingerprint density at radius 1 is 1.00 bits per heavy atom. The van der Waals surface area contributed by atoms with Crippen LogP contribution < -0.4 is 30.0 Å². The smallest absolute Gasteiger partial charge is 0.255 e. The summed E-state index contributed by atoms with van der Waals surface area (Å²) in [5.74, 6) is 2.87. The van der Waals surface area contributed by atoms with Crippen LogP contribution in [-0.2, 0) is 0 Å². The number of carbonyl (C=O) groups is 1. The number of nitrogen functional groups attached to an aromatic ring is 1. The van der Waals surface area contributed by atoms with Crippen LogP contribution >= 0.6 is 11.6 Å². The maximum absolute atomic E-state index is 12.7. The van der Waals surface area contributed by atoms with Gasteiger partial charge in [-0.1, -0.05) is 11.6 Å². The Kier molecular flexibility index (Phi) is 10.8. The monoisotopic (exact) mass is 519 g/mol. The van der Waals surface area contributed by atoms with Crippen LogP contribution in [0.3, 0.4) is 0 Å². The maximum atomic E-state index is 12.7. The minimum absolute atomic E-state index is 0.188. The van der Waals surface area contributed by atoms with Crippen molar-refractivity contribution >= 4 is 23.2 Å². The number of carbonyl (C=O) groups excluding carboxylic acids is 1. The third kappa shape index (κ3) is 7.83. The first-order valence-electron chi connectivity index (χ1n) is 12.4. The molecule has 8 nitrogen and oxygen atoms in total. The number of methoxy groups -OCH3 is 3. The molecule has 0 radical (unpaired) electrons. The van der Waals surface area contributed by atoms with E-state index in [0.717, 1.165) is 57.5 Å². The first-order chi connectivity index (χ1) is 17.4. The molecule has 3 rings (SSSR count). The van der Waals surface area contributed by atoms with Crippen molar-refractivity contribution in [3.8, 4) is 23.0 Å². The fraction of sp³-hybridized carbons (Fsp3) is 0.519. The van der Waals surface area contributed by atoms with Gasteiger partial charge >= 0.3 is 0 Å². The Hall–Kier alpha value is -2.84. The summed E-state index contributed by atoms with van der Waals surface area (Å²) in [6.45, 7) is 4.53. The summed E-state index contributed by atoms with van der Waals surface area (Å²) in [4.78, 5) is 15.2. The van der Waals surface area contributed by atoms with Crippen molar-refractivity contribution in [1.29, 1.82) is 0 Å². The van der Waals surface area contributed by atoms with Gasteiger partial charge in [0, 0.05) is 18.7 Å². The molecule has 0 spiro atoms. The highest BCUT2D eigenvalue weighted by Crippen LogP contribution is 2.31. The number of nitrogens with two attached hydrogens (primary N) is 1. The van der Waals surface area contributed by atoms with Crippen LogP contribution in [0.25, 0.3) is 0 Å². The highest BCUT2D eigenvalue weighted by Gasteiger charge is 2.21. The quantitative estimate of drug-likeness (QED) is 0.294. The van der Waals surface area contributed by atoms with E-state index in [0.29, 0.717) is 52.6 Å². The van der Waals surface area contributed by atoms with Crippen molar-refractivity contribution in [3.63, 3.8) is 0 Å². The number of halogens is 1. The molecule has 36 heavy (non-hydrogen) atoms. The van der Waals surface area contributed by atoms with Gasteiger partial charge in [-0.25, -0.2) is 0 Å². The molecule has 1 saturated heterocycles. The molecular formula is C27H38ClN3O5. The van der Waals surface area contributed by atoms with Crippen molar-refractivity contribution in [2.75, 3.05) is 59.8 Å². The number of unbranched alkanes of at least 4 members (excludes halogenated alkanes) is 2. The van der Waals surface area contributed by atoms with E-state index < -0.39 is 0 Å². The van der Waals surface area contributed by atoms with Crippen LogP contribution in [0.4, 0.5) is 5.69 Å². The number of piperidine rings is 1. The Morgan fingerprint density at radius 3 is 2.42 bits per heavy atom. The van der Waals surface area contributed by atoms with E-state index in [1.54, 1.807) is 26.4 Å². The topological polar surface area (TPSA) is 95.3 Å². The molecule has 1 heterocycles. The SMILES string of the molecule is COc1ccc(OCCCCCN2CCC(CNC(=O)c3cc(Cl)c(N)cc3OC)CC2)cc1OC. The van der Waals surface area contributed by atoms with E-state index >= 15 is 0 Å². The Labute approximate surface area is 219 Å². The normalized spacial score (nSPS) is 14.3. The molecule has 0 saturated carbocycles. The number of nitrogens with zero attached hydrogens (tertiary/aromatic N) is 1. The molecule has 0 unspecified atom stereocenters. The first kappa shape index (κ1) is 27.7. The number of ether oxygens (including phenoxy) is 4. The van der Waals surface area contributed by atoms with Crippen LogP contribution in [0.1, 0.15) is 42.5 Å². The summed E-state index contributed by atoms with van der Waals surface area (Å²) in [6, 6.07) is 8.75. The van der Waals surface area contributed by atoms with Gasteiger partial charge in [0.1, 0.15) is 11.5 Å². The number of rotatable bonds is 13. The number of hydrogen-bond acceptors (Lipinski definition) is 7. The highest BCUT2D eigenvalue weighted by molar-refractivity contribution is 6.33. The fourth-order valence-electron chi connectivity index (χ4n) is 4.37. The summed E-state index contributed by atoms with van der Waals surface area (Å²) in [7, 11) is 4.76. The van der Waals surface area contributed by atoms with Gasteiger partial charge in [0.15, 0.2) is 11.5 Å². The second kappa shape index (κ2) is 14.0. The predicted octanol–water partition coefficient (Wildman–Crippen LogP) is 4.64. The molecule has 0 atom stereocenters. The molecule has 1 amide bonds. The van der Waals surface area contributed by atoms with Gasteiger partial charge in [-0.2, -0.15) is 0 Å². The molecule has 1 aliphatic rings. The van der Waals surface area contributed by atoms with Crippen LogP contribution in [0, 0.1) is 5.92 Å². The molecule has 3 N–H and O–H groups in total. The molecular weight excluding hydrogens is 482 g/mol. The number of likely N-dealkylation sites (tertiary alicyclic amines) is 1. The third-order valence-corrected chi connectivity index (χ3v) is 6.89. The van der Waals surface area contributed by atoms with E-state index in [9.17, 15) is 4.79 Å². The Morgan fingerprint density at radius 2 is 1.72 bits per heavy atom. The minimum atomic E-state index is -0.188. The molecule has 9 heteroatoms. The summed E-state index contributed by atoms with van der Waals surface area (Å²) in [5.41, 5.74) is 6.61. The Bertz CT molecular complexity index is 996. The van der Waals surface area contributed by atoms with Crippen molar-refractivity contribution < 1.29 is 23.7 Å². The van der Waals surface area contributed by atoms with Gasteiger partial charge in [0.2, 0.25) is 0 Å². The average Bonchev–Trinajstić information content (AvgIpc) is 2.90. The first-order valence-corrected chi connectivity index (χ1v) is 12.8. The highest BCUT2D eigenvalue weighted by atomic mass is 35.5. The number of hydrogen-bond donors (Lipinski definition) is 2. The standard InChI is InChI=1S/C27H38ClN3O5/c1-33-24-8-7-20(15-26(24)35-3)36-14-6-4-5-11-31-12-9-19(10-13-31)18-30-27(32)21-16-22(28)23(29)17-25(21)34-2/h7-8,15-17,19H,4-6,9-14,18,29H2,1-3H3,(H,30,32). The second-order valence-electron chi connectivity index (χ2n) is 8.99. The van der Waals surface area contributed by atoms with Crippen LogP contribution in [0.5, 0.6) is 23.0 Å². The van der Waals surface area contributed by atoms with E-state index in [4.69, 9.17) is 36.3 Å². The molecule has 0 aliphatic carbocycles. The third-order valence-electron chi connectivity index (χ3n) is 6.56. The van der Waals surface area contributed by atoms with Crippen molar-refractivity contribution in [3.05, 3.63) is 40.9 Å². The van der Waals surface area contributed by atoms with E-state index in [2.05, 4.69) is 10.2 Å². The van der Waals surface area contributed by atoms with Crippen molar-refractivity contribution in [2.24, 2.45) is 5.92 Å². The van der Waals surface area contributed by atoms with Gasteiger partial charge in [-0.3, -0.25) is 4.79 Å². The van der Waals surface area contributed by atoms with Crippen molar-refractivity contribution in [1.82, 2.24) is 10.2 Å². The largest absolute Gasteiger partial charge is 0.496 e. The van der Waals surface area contributed by atoms with Crippen molar-refractivity contribution in [2.45, 2.75) is 32.1 Å².